The van der Waals surface area contributed by atoms with E-state index >= 15 is 8.78 Å². The Morgan fingerprint density at radius 3 is 2.25 bits per heavy atom. The molecule has 5 N–H and O–H groups in total. The number of anilines is 2. The number of carboxylic acid groups (broad SMARTS) is 1. The van der Waals surface area contributed by atoms with Gasteiger partial charge in [0.15, 0.2) is 0 Å². The Labute approximate surface area is 333 Å². The fourth-order valence-corrected chi connectivity index (χ4v) is 8.05. The zero-order valence-electron chi connectivity index (χ0n) is 31.7. The summed E-state index contributed by atoms with van der Waals surface area (Å²) in [6, 6.07) is 22.4. The number of nitrogens with zero attached hydrogens (tertiary/aromatic N) is 2. The predicted octanol–water partition coefficient (Wildman–Crippen LogP) is 7.55. The van der Waals surface area contributed by atoms with Crippen LogP contribution in [0.3, 0.4) is 0 Å². The van der Waals surface area contributed by atoms with E-state index in [9.17, 15) is 19.2 Å². The molecule has 0 bridgehead atoms. The van der Waals surface area contributed by atoms with Gasteiger partial charge in [-0.1, -0.05) is 42.5 Å². The molecule has 0 unspecified atom stereocenters. The number of aryl methyl sites for hydroxylation is 1. The molecule has 0 saturated carbocycles. The molecule has 4 amide bonds. The third kappa shape index (κ3) is 10.0. The normalized spacial score (nSPS) is 14.0. The van der Waals surface area contributed by atoms with Crippen molar-refractivity contribution in [1.29, 1.82) is 0 Å². The van der Waals surface area contributed by atoms with Gasteiger partial charge >= 0.3 is 12.0 Å². The number of fused-ring (bicyclic) bond motifs is 1. The average Bonchev–Trinajstić information content (AvgIpc) is 3.55. The lowest BCUT2D eigenvalue weighted by molar-refractivity contribution is 0.0297. The molecule has 1 aromatic heterocycles. The molecule has 57 heavy (non-hydrogen) atoms. The molecule has 5 aromatic rings. The molecule has 14 heteroatoms. The van der Waals surface area contributed by atoms with E-state index in [4.69, 9.17) is 10.2 Å². The monoisotopic (exact) mass is 797 g/mol. The van der Waals surface area contributed by atoms with Gasteiger partial charge in [0.1, 0.15) is 16.6 Å². The minimum atomic E-state index is -1.06. The van der Waals surface area contributed by atoms with Gasteiger partial charge in [-0.25, -0.2) is 18.4 Å². The van der Waals surface area contributed by atoms with Gasteiger partial charge in [0, 0.05) is 71.8 Å². The molecule has 1 aliphatic rings. The predicted molar refractivity (Wildman–Crippen MR) is 217 cm³/mol. The van der Waals surface area contributed by atoms with Crippen LogP contribution in [0.25, 0.3) is 10.1 Å². The smallest absolute Gasteiger partial charge is 0.335 e. The van der Waals surface area contributed by atoms with Crippen LogP contribution in [0.2, 0.25) is 0 Å². The molecule has 2 heterocycles. The van der Waals surface area contributed by atoms with Gasteiger partial charge in [-0.3, -0.25) is 14.5 Å². The fraction of sp³-hybridized carbons (Fsp3) is 0.302. The molecule has 1 aliphatic heterocycles. The maximum atomic E-state index is 15.3. The van der Waals surface area contributed by atoms with Crippen molar-refractivity contribution in [2.45, 2.75) is 51.6 Å². The highest BCUT2D eigenvalue weighted by atomic mass is 32.1. The number of carboxylic acids is 1. The molecule has 11 nitrogen and oxygen atoms in total. The van der Waals surface area contributed by atoms with E-state index in [0.717, 1.165) is 22.4 Å². The van der Waals surface area contributed by atoms with Gasteiger partial charge < -0.3 is 31.1 Å². The van der Waals surface area contributed by atoms with Gasteiger partial charge in [-0.15, -0.1) is 11.3 Å². The Kier molecular flexibility index (Phi) is 13.0. The van der Waals surface area contributed by atoms with Crippen molar-refractivity contribution in [3.05, 3.63) is 130 Å². The minimum Gasteiger partial charge on any atom is -0.478 e. The lowest BCUT2D eigenvalue weighted by Gasteiger charge is -2.47. The zero-order chi connectivity index (χ0) is 40.7. The van der Waals surface area contributed by atoms with Crippen LogP contribution >= 0.6 is 11.3 Å². The van der Waals surface area contributed by atoms with Crippen molar-refractivity contribution in [2.24, 2.45) is 0 Å². The molecule has 0 atom stereocenters. The Morgan fingerprint density at radius 1 is 0.807 bits per heavy atom. The van der Waals surface area contributed by atoms with E-state index in [0.29, 0.717) is 62.1 Å². The lowest BCUT2D eigenvalue weighted by atomic mass is 9.97. The standard InChI is InChI=1S/C43H45F2N5O6S/c1-43(2)26-49(42(56)46-18-5-6-21-51)19-20-50(43)25-28-8-7-9-30(22-28)38(52)48-40-37(33-10-3-4-11-36(33)57-40)39(53)47-31-23-34(44)32(35(45)24-31)17-14-27-12-15-29(16-13-27)41(54)55/h3-4,7-13,15-16,22-24,51H,5-6,14,17-21,25-26H2,1-2H3,(H,46,56)(H,47,53)(H,48,52)(H,54,55). The number of thiophene rings is 1. The number of nitrogens with one attached hydrogen (secondary N) is 3. The lowest BCUT2D eigenvalue weighted by Crippen LogP contribution is -2.61. The van der Waals surface area contributed by atoms with Crippen molar-refractivity contribution in [3.63, 3.8) is 0 Å². The second-order valence-electron chi connectivity index (χ2n) is 14.6. The van der Waals surface area contributed by atoms with E-state index in [2.05, 4.69) is 34.7 Å². The van der Waals surface area contributed by atoms with Crippen molar-refractivity contribution >= 4 is 55.9 Å². The highest BCUT2D eigenvalue weighted by molar-refractivity contribution is 7.23. The maximum Gasteiger partial charge on any atom is 0.335 e. The number of aromatic carboxylic acids is 1. The van der Waals surface area contributed by atoms with Crippen LogP contribution in [-0.2, 0) is 19.4 Å². The Hall–Kier alpha value is -5.70. The van der Waals surface area contributed by atoms with Crippen molar-refractivity contribution in [3.8, 4) is 0 Å². The van der Waals surface area contributed by atoms with Crippen LogP contribution in [0.5, 0.6) is 0 Å². The third-order valence-corrected chi connectivity index (χ3v) is 11.2. The number of piperazine rings is 1. The van der Waals surface area contributed by atoms with Crippen LogP contribution in [0, 0.1) is 11.6 Å². The fourth-order valence-electron chi connectivity index (χ4n) is 6.96. The summed E-state index contributed by atoms with van der Waals surface area (Å²) in [5, 5.41) is 27.4. The van der Waals surface area contributed by atoms with E-state index in [1.54, 1.807) is 47.4 Å². The molecule has 6 rings (SSSR count). The van der Waals surface area contributed by atoms with Crippen molar-refractivity contribution < 1.29 is 38.2 Å². The number of amides is 4. The van der Waals surface area contributed by atoms with Crippen LogP contribution < -0.4 is 16.0 Å². The van der Waals surface area contributed by atoms with Crippen molar-refractivity contribution in [2.75, 3.05) is 43.4 Å². The number of hydrogen-bond acceptors (Lipinski definition) is 7. The number of urea groups is 1. The number of benzene rings is 4. The van der Waals surface area contributed by atoms with E-state index < -0.39 is 29.4 Å². The Morgan fingerprint density at radius 2 is 1.54 bits per heavy atom. The van der Waals surface area contributed by atoms with Crippen LogP contribution in [0.4, 0.5) is 24.3 Å². The second kappa shape index (κ2) is 18.0. The first-order chi connectivity index (χ1) is 27.3. The summed E-state index contributed by atoms with van der Waals surface area (Å²) in [4.78, 5) is 55.5. The highest BCUT2D eigenvalue weighted by Crippen LogP contribution is 2.37. The van der Waals surface area contributed by atoms with Crippen LogP contribution in [0.1, 0.15) is 74.5 Å². The van der Waals surface area contributed by atoms with Crippen LogP contribution in [-0.4, -0.2) is 82.2 Å². The molecule has 0 radical (unpaired) electrons. The summed E-state index contributed by atoms with van der Waals surface area (Å²) in [5.41, 5.74) is 1.67. The number of carbonyl (C=O) groups excluding carboxylic acids is 3. The molecular weight excluding hydrogens is 753 g/mol. The molecule has 0 aliphatic carbocycles. The molecule has 298 valence electrons. The zero-order valence-corrected chi connectivity index (χ0v) is 32.6. The highest BCUT2D eigenvalue weighted by Gasteiger charge is 2.35. The SMILES string of the molecule is CC1(C)CN(C(=O)NCCCCO)CCN1Cc1cccc(C(=O)Nc2sc3ccccc3c2C(=O)Nc2cc(F)c(CCc3ccc(C(=O)O)cc3)c(F)c2)c1. The summed E-state index contributed by atoms with van der Waals surface area (Å²) >= 11 is 1.21. The molecule has 0 spiro atoms. The van der Waals surface area contributed by atoms with Crippen LogP contribution in [0.15, 0.2) is 84.9 Å². The molecule has 1 saturated heterocycles. The largest absolute Gasteiger partial charge is 0.478 e. The van der Waals surface area contributed by atoms with E-state index in [1.807, 2.05) is 18.2 Å². The van der Waals surface area contributed by atoms with E-state index in [-0.39, 0.29) is 58.4 Å². The first kappa shape index (κ1) is 40.9. The minimum absolute atomic E-state index is 0.0191. The van der Waals surface area contributed by atoms with Gasteiger partial charge in [0.25, 0.3) is 11.8 Å². The molecule has 1 fully saturated rings. The average molecular weight is 798 g/mol. The quantitative estimate of drug-likeness (QED) is 0.0729. The number of unbranched alkanes of at least 4 members (excludes halogenated alkanes) is 1. The molecular formula is C43H45F2N5O6S. The second-order valence-corrected chi connectivity index (χ2v) is 15.7. The molecule has 4 aromatic carbocycles. The number of hydrogen-bond donors (Lipinski definition) is 5. The van der Waals surface area contributed by atoms with Gasteiger partial charge in [0.2, 0.25) is 0 Å². The van der Waals surface area contributed by atoms with Gasteiger partial charge in [0.05, 0.1) is 11.1 Å². The van der Waals surface area contributed by atoms with Crippen molar-refractivity contribution in [1.82, 2.24) is 15.1 Å². The number of aliphatic hydroxyl groups excluding tert-OH is 1. The third-order valence-electron chi connectivity index (χ3n) is 10.1. The number of aliphatic hydroxyl groups is 1. The summed E-state index contributed by atoms with van der Waals surface area (Å²) in [7, 11) is 0. The summed E-state index contributed by atoms with van der Waals surface area (Å²) in [5.74, 6) is -3.82. The first-order valence-corrected chi connectivity index (χ1v) is 19.6. The first-order valence-electron chi connectivity index (χ1n) is 18.7. The Balaban J connectivity index is 1.12. The summed E-state index contributed by atoms with van der Waals surface area (Å²) in [6.45, 7) is 7.00. The number of rotatable bonds is 14. The van der Waals surface area contributed by atoms with E-state index in [1.165, 1.54) is 23.5 Å². The summed E-state index contributed by atoms with van der Waals surface area (Å²) < 4.78 is 31.2. The number of carbonyl (C=O) groups is 4. The Bertz CT molecular complexity index is 2260. The topological polar surface area (TPSA) is 151 Å². The van der Waals surface area contributed by atoms with Gasteiger partial charge in [-0.2, -0.15) is 0 Å². The number of halogens is 2. The summed E-state index contributed by atoms with van der Waals surface area (Å²) in [6.07, 6.45) is 1.64. The maximum absolute atomic E-state index is 15.3. The van der Waals surface area contributed by atoms with Gasteiger partial charge in [-0.05, 0) is 93.1 Å².